The van der Waals surface area contributed by atoms with Crippen molar-refractivity contribution < 1.29 is 4.79 Å². The standard InChI is InChI=1S/C19H20N2O2S2/c1-11(22)6-7-12-8-9-13-15-18(25-17(13)16(12)24)20-14-5-3-2-4-10-21(14)19(15)23/h6-7,24H,2-5,8-10H2,1H3/b7-6+. The SMILES string of the molecule is CC(=O)/C=C/C1=C(S)c2sc3nc4n(c(=O)c3c2CC1)CCCCC4. The van der Waals surface area contributed by atoms with Crippen LogP contribution in [0.2, 0.25) is 0 Å². The highest BCUT2D eigenvalue weighted by Gasteiger charge is 2.25. The highest BCUT2D eigenvalue weighted by atomic mass is 32.1. The summed E-state index contributed by atoms with van der Waals surface area (Å²) in [5, 5.41) is 0.784. The lowest BCUT2D eigenvalue weighted by Crippen LogP contribution is -2.24. The lowest BCUT2D eigenvalue weighted by atomic mass is 9.95. The van der Waals surface area contributed by atoms with Gasteiger partial charge in [0.15, 0.2) is 5.78 Å². The van der Waals surface area contributed by atoms with Gasteiger partial charge in [-0.1, -0.05) is 12.5 Å². The number of nitrogens with zero attached hydrogens (tertiary/aromatic N) is 2. The molecule has 1 aliphatic heterocycles. The maximum Gasteiger partial charge on any atom is 0.262 e. The van der Waals surface area contributed by atoms with Gasteiger partial charge in [-0.25, -0.2) is 4.98 Å². The zero-order chi connectivity index (χ0) is 17.6. The number of rotatable bonds is 2. The number of carbonyl (C=O) groups is 1. The third-order valence-corrected chi connectivity index (χ3v) is 6.76. The van der Waals surface area contributed by atoms with Gasteiger partial charge >= 0.3 is 0 Å². The van der Waals surface area contributed by atoms with Crippen molar-refractivity contribution in [1.29, 1.82) is 0 Å². The second-order valence-electron chi connectivity index (χ2n) is 6.70. The van der Waals surface area contributed by atoms with Crippen LogP contribution in [0, 0.1) is 0 Å². The van der Waals surface area contributed by atoms with Crippen molar-refractivity contribution in [3.8, 4) is 0 Å². The molecule has 4 nitrogen and oxygen atoms in total. The Labute approximate surface area is 155 Å². The number of aryl methyl sites for hydroxylation is 2. The van der Waals surface area contributed by atoms with Crippen LogP contribution in [0.4, 0.5) is 0 Å². The Bertz CT molecular complexity index is 995. The van der Waals surface area contributed by atoms with Crippen LogP contribution in [-0.4, -0.2) is 15.3 Å². The molecule has 3 heterocycles. The van der Waals surface area contributed by atoms with E-state index in [0.29, 0.717) is 0 Å². The Morgan fingerprint density at radius 1 is 1.24 bits per heavy atom. The summed E-state index contributed by atoms with van der Waals surface area (Å²) in [6.07, 6.45) is 9.21. The van der Waals surface area contributed by atoms with Crippen LogP contribution < -0.4 is 5.56 Å². The lowest BCUT2D eigenvalue weighted by molar-refractivity contribution is -0.112. The number of allylic oxidation sites excluding steroid dienone is 3. The molecule has 0 radical (unpaired) electrons. The molecule has 2 aliphatic rings. The number of hydrogen-bond acceptors (Lipinski definition) is 5. The van der Waals surface area contributed by atoms with E-state index in [1.807, 2.05) is 10.6 Å². The molecule has 1 aliphatic carbocycles. The first-order valence-corrected chi connectivity index (χ1v) is 9.99. The van der Waals surface area contributed by atoms with Crippen LogP contribution in [0.3, 0.4) is 0 Å². The molecule has 0 unspecified atom stereocenters. The van der Waals surface area contributed by atoms with Crippen LogP contribution in [0.5, 0.6) is 0 Å². The Kier molecular flexibility index (Phi) is 4.41. The summed E-state index contributed by atoms with van der Waals surface area (Å²) in [6, 6.07) is 0. The van der Waals surface area contributed by atoms with Gasteiger partial charge in [0.25, 0.3) is 5.56 Å². The number of hydrogen-bond donors (Lipinski definition) is 1. The number of thiol groups is 1. The van der Waals surface area contributed by atoms with E-state index in [2.05, 4.69) is 0 Å². The van der Waals surface area contributed by atoms with E-state index in [-0.39, 0.29) is 11.3 Å². The Balaban J connectivity index is 1.90. The molecule has 0 saturated heterocycles. The van der Waals surface area contributed by atoms with Crippen molar-refractivity contribution in [3.05, 3.63) is 44.3 Å². The zero-order valence-electron chi connectivity index (χ0n) is 14.2. The molecule has 0 saturated carbocycles. The molecule has 0 fully saturated rings. The van der Waals surface area contributed by atoms with Crippen LogP contribution >= 0.6 is 24.0 Å². The topological polar surface area (TPSA) is 52.0 Å². The molecule has 0 spiro atoms. The number of thiophene rings is 1. The number of carbonyl (C=O) groups excluding carboxylic acids is 1. The molecule has 0 aromatic carbocycles. The van der Waals surface area contributed by atoms with Crippen molar-refractivity contribution in [2.75, 3.05) is 0 Å². The van der Waals surface area contributed by atoms with Crippen molar-refractivity contribution in [2.24, 2.45) is 0 Å². The molecule has 25 heavy (non-hydrogen) atoms. The highest BCUT2D eigenvalue weighted by Crippen LogP contribution is 2.42. The third-order valence-electron chi connectivity index (χ3n) is 4.95. The van der Waals surface area contributed by atoms with Crippen LogP contribution in [0.1, 0.15) is 48.9 Å². The summed E-state index contributed by atoms with van der Waals surface area (Å²) in [5.74, 6) is 0.953. The van der Waals surface area contributed by atoms with Gasteiger partial charge in [-0.2, -0.15) is 0 Å². The van der Waals surface area contributed by atoms with E-state index in [1.54, 1.807) is 24.3 Å². The summed E-state index contributed by atoms with van der Waals surface area (Å²) < 4.78 is 1.88. The summed E-state index contributed by atoms with van der Waals surface area (Å²) >= 11 is 6.26. The molecule has 2 aromatic heterocycles. The average molecular weight is 373 g/mol. The highest BCUT2D eigenvalue weighted by molar-refractivity contribution is 7.91. The number of aromatic nitrogens is 2. The maximum absolute atomic E-state index is 13.1. The first-order chi connectivity index (χ1) is 12.1. The fourth-order valence-electron chi connectivity index (χ4n) is 3.67. The minimum absolute atomic E-state index is 0.0272. The molecule has 130 valence electrons. The van der Waals surface area contributed by atoms with E-state index >= 15 is 0 Å². The minimum Gasteiger partial charge on any atom is -0.296 e. The van der Waals surface area contributed by atoms with Crippen LogP contribution in [0.15, 0.2) is 22.5 Å². The van der Waals surface area contributed by atoms with Gasteiger partial charge in [-0.3, -0.25) is 14.2 Å². The molecule has 0 N–H and O–H groups in total. The second-order valence-corrected chi connectivity index (χ2v) is 8.15. The molecule has 0 atom stereocenters. The number of fused-ring (bicyclic) bond motifs is 4. The first kappa shape index (κ1) is 16.8. The van der Waals surface area contributed by atoms with Crippen molar-refractivity contribution in [1.82, 2.24) is 9.55 Å². The van der Waals surface area contributed by atoms with Crippen LogP contribution in [-0.2, 0) is 24.2 Å². The molecule has 0 bridgehead atoms. The molecule has 0 amide bonds. The minimum atomic E-state index is 0.0272. The normalized spacial score (nSPS) is 17.7. The third kappa shape index (κ3) is 2.91. The van der Waals surface area contributed by atoms with E-state index in [9.17, 15) is 9.59 Å². The predicted molar refractivity (Wildman–Crippen MR) is 105 cm³/mol. The monoisotopic (exact) mass is 372 g/mol. The molecule has 6 heteroatoms. The predicted octanol–water partition coefficient (Wildman–Crippen LogP) is 3.92. The van der Waals surface area contributed by atoms with E-state index in [0.717, 1.165) is 82.0 Å². The fourth-order valence-corrected chi connectivity index (χ4v) is 5.34. The van der Waals surface area contributed by atoms with Gasteiger partial charge in [-0.15, -0.1) is 24.0 Å². The van der Waals surface area contributed by atoms with Crippen molar-refractivity contribution in [3.63, 3.8) is 0 Å². The maximum atomic E-state index is 13.1. The Morgan fingerprint density at radius 2 is 2.08 bits per heavy atom. The first-order valence-electron chi connectivity index (χ1n) is 8.72. The number of ketones is 1. The second kappa shape index (κ2) is 6.57. The smallest absolute Gasteiger partial charge is 0.262 e. The van der Waals surface area contributed by atoms with E-state index < -0.39 is 0 Å². The van der Waals surface area contributed by atoms with Gasteiger partial charge in [0.1, 0.15) is 10.7 Å². The van der Waals surface area contributed by atoms with Crippen molar-refractivity contribution >= 4 is 44.9 Å². The Hall–Kier alpha value is -1.66. The fraction of sp³-hybridized carbons (Fsp3) is 0.421. The molecule has 2 aromatic rings. The molecular formula is C19H20N2O2S2. The van der Waals surface area contributed by atoms with Gasteiger partial charge in [0.2, 0.25) is 0 Å². The van der Waals surface area contributed by atoms with E-state index in [4.69, 9.17) is 17.6 Å². The molecule has 4 rings (SSSR count). The lowest BCUT2D eigenvalue weighted by Gasteiger charge is -2.15. The molecular weight excluding hydrogens is 352 g/mol. The largest absolute Gasteiger partial charge is 0.296 e. The van der Waals surface area contributed by atoms with Gasteiger partial charge in [-0.05, 0) is 49.8 Å². The summed E-state index contributed by atoms with van der Waals surface area (Å²) in [7, 11) is 0. The summed E-state index contributed by atoms with van der Waals surface area (Å²) in [6.45, 7) is 2.32. The van der Waals surface area contributed by atoms with Gasteiger partial charge in [0, 0.05) is 22.7 Å². The Morgan fingerprint density at radius 3 is 2.88 bits per heavy atom. The quantitative estimate of drug-likeness (QED) is 0.642. The summed E-state index contributed by atoms with van der Waals surface area (Å²) in [5.41, 5.74) is 2.25. The van der Waals surface area contributed by atoms with E-state index in [1.165, 1.54) is 0 Å². The van der Waals surface area contributed by atoms with Crippen LogP contribution in [0.25, 0.3) is 15.1 Å². The summed E-state index contributed by atoms with van der Waals surface area (Å²) in [4.78, 5) is 31.9. The van der Waals surface area contributed by atoms with Gasteiger partial charge in [0.05, 0.1) is 5.39 Å². The zero-order valence-corrected chi connectivity index (χ0v) is 15.9. The van der Waals surface area contributed by atoms with Gasteiger partial charge < -0.3 is 0 Å². The average Bonchev–Trinajstić information content (AvgIpc) is 2.78. The van der Waals surface area contributed by atoms with Crippen molar-refractivity contribution in [2.45, 2.75) is 52.0 Å².